The van der Waals surface area contributed by atoms with Gasteiger partial charge in [0.15, 0.2) is 11.1 Å². The van der Waals surface area contributed by atoms with Crippen LogP contribution in [-0.4, -0.2) is 22.4 Å². The van der Waals surface area contributed by atoms with Crippen molar-refractivity contribution in [1.29, 1.82) is 0 Å². The molecular weight excluding hydrogens is 262 g/mol. The molecule has 0 saturated carbocycles. The van der Waals surface area contributed by atoms with E-state index >= 15 is 0 Å². The third-order valence-corrected chi connectivity index (χ3v) is 3.43. The molecule has 0 aliphatic carbocycles. The fourth-order valence-electron chi connectivity index (χ4n) is 1.42. The van der Waals surface area contributed by atoms with E-state index in [0.717, 1.165) is 5.56 Å². The molecule has 1 unspecified atom stereocenters. The summed E-state index contributed by atoms with van der Waals surface area (Å²) in [4.78, 5) is 4.59. The lowest BCUT2D eigenvalue weighted by molar-refractivity contribution is 0.230. The third kappa shape index (κ3) is 4.46. The summed E-state index contributed by atoms with van der Waals surface area (Å²) < 4.78 is 22.4. The number of pyridine rings is 1. The van der Waals surface area contributed by atoms with Gasteiger partial charge < -0.3 is 4.74 Å². The first-order chi connectivity index (χ1) is 9.25. The monoisotopic (exact) mass is 277 g/mol. The van der Waals surface area contributed by atoms with E-state index in [-0.39, 0.29) is 6.61 Å². The molecule has 2 aromatic rings. The SMILES string of the molecule is Cc1ccc(S(=O)OCCOc2cccnc2)cc1. The Morgan fingerprint density at radius 3 is 2.63 bits per heavy atom. The maximum Gasteiger partial charge on any atom is 0.189 e. The summed E-state index contributed by atoms with van der Waals surface area (Å²) >= 11 is -1.45. The van der Waals surface area contributed by atoms with Crippen molar-refractivity contribution in [2.24, 2.45) is 0 Å². The van der Waals surface area contributed by atoms with Crippen LogP contribution in [0, 0.1) is 6.92 Å². The molecule has 0 spiro atoms. The Kier molecular flexibility index (Phi) is 5.06. The van der Waals surface area contributed by atoms with Gasteiger partial charge in [0.05, 0.1) is 17.7 Å². The van der Waals surface area contributed by atoms with Crippen LogP contribution in [0.1, 0.15) is 5.56 Å². The number of aryl methyl sites for hydroxylation is 1. The van der Waals surface area contributed by atoms with Crippen LogP contribution in [0.5, 0.6) is 5.75 Å². The zero-order chi connectivity index (χ0) is 13.5. The summed E-state index contributed by atoms with van der Waals surface area (Å²) in [6.45, 7) is 2.58. The van der Waals surface area contributed by atoms with Crippen molar-refractivity contribution in [3.05, 3.63) is 54.4 Å². The maximum absolute atomic E-state index is 11.8. The molecule has 0 bridgehead atoms. The maximum atomic E-state index is 11.8. The molecule has 0 N–H and O–H groups in total. The number of hydrogen-bond donors (Lipinski definition) is 0. The van der Waals surface area contributed by atoms with E-state index in [9.17, 15) is 4.21 Å². The second-order valence-electron chi connectivity index (χ2n) is 3.91. The van der Waals surface area contributed by atoms with Gasteiger partial charge in [-0.25, -0.2) is 4.21 Å². The molecule has 2 rings (SSSR count). The molecule has 1 heterocycles. The van der Waals surface area contributed by atoms with E-state index in [1.807, 2.05) is 25.1 Å². The smallest absolute Gasteiger partial charge is 0.189 e. The molecular formula is C14H15NO3S. The fraction of sp³-hybridized carbons (Fsp3) is 0.214. The lowest BCUT2D eigenvalue weighted by Crippen LogP contribution is -2.08. The van der Waals surface area contributed by atoms with Crippen molar-refractivity contribution in [1.82, 2.24) is 4.98 Å². The lowest BCUT2D eigenvalue weighted by Gasteiger charge is -2.06. The van der Waals surface area contributed by atoms with E-state index < -0.39 is 11.1 Å². The molecule has 0 saturated heterocycles. The van der Waals surface area contributed by atoms with Gasteiger partial charge in [0.2, 0.25) is 0 Å². The summed E-state index contributed by atoms with van der Waals surface area (Å²) in [6.07, 6.45) is 3.30. The molecule has 0 aliphatic heterocycles. The molecule has 1 atom stereocenters. The van der Waals surface area contributed by atoms with Crippen LogP contribution >= 0.6 is 0 Å². The molecule has 5 heteroatoms. The van der Waals surface area contributed by atoms with Crippen LogP contribution in [0.15, 0.2) is 53.7 Å². The first kappa shape index (κ1) is 13.7. The quantitative estimate of drug-likeness (QED) is 0.761. The van der Waals surface area contributed by atoms with Gasteiger partial charge in [-0.05, 0) is 31.2 Å². The van der Waals surface area contributed by atoms with Crippen molar-refractivity contribution in [2.75, 3.05) is 13.2 Å². The summed E-state index contributed by atoms with van der Waals surface area (Å²) in [5.74, 6) is 0.673. The van der Waals surface area contributed by atoms with E-state index in [4.69, 9.17) is 8.92 Å². The number of nitrogens with zero attached hydrogens (tertiary/aromatic N) is 1. The Labute approximate surface area is 115 Å². The van der Waals surface area contributed by atoms with Crippen LogP contribution in [0.3, 0.4) is 0 Å². The van der Waals surface area contributed by atoms with Crippen molar-refractivity contribution in [3.8, 4) is 5.75 Å². The first-order valence-corrected chi connectivity index (χ1v) is 6.98. The highest BCUT2D eigenvalue weighted by Crippen LogP contribution is 2.10. The number of ether oxygens (including phenoxy) is 1. The van der Waals surface area contributed by atoms with Gasteiger partial charge in [0.25, 0.3) is 0 Å². The number of rotatable bonds is 6. The Balaban J connectivity index is 1.74. The number of benzene rings is 1. The zero-order valence-corrected chi connectivity index (χ0v) is 11.4. The molecule has 100 valence electrons. The van der Waals surface area contributed by atoms with Gasteiger partial charge in [-0.2, -0.15) is 0 Å². The van der Waals surface area contributed by atoms with E-state index in [2.05, 4.69) is 4.98 Å². The average Bonchev–Trinajstić information content (AvgIpc) is 2.45. The first-order valence-electron chi connectivity index (χ1n) is 5.90. The van der Waals surface area contributed by atoms with Gasteiger partial charge in [0, 0.05) is 6.20 Å². The molecule has 0 fully saturated rings. The minimum absolute atomic E-state index is 0.259. The van der Waals surface area contributed by atoms with E-state index in [1.54, 1.807) is 30.6 Å². The van der Waals surface area contributed by atoms with Crippen LogP contribution in [0.2, 0.25) is 0 Å². The molecule has 4 nitrogen and oxygen atoms in total. The topological polar surface area (TPSA) is 48.4 Å². The Bertz CT molecular complexity index is 528. The van der Waals surface area contributed by atoms with Crippen molar-refractivity contribution >= 4 is 11.1 Å². The highest BCUT2D eigenvalue weighted by atomic mass is 32.2. The van der Waals surface area contributed by atoms with Crippen LogP contribution in [-0.2, 0) is 15.3 Å². The molecule has 0 aliphatic rings. The Hall–Kier alpha value is -1.72. The van der Waals surface area contributed by atoms with Gasteiger partial charge in [0.1, 0.15) is 12.4 Å². The Morgan fingerprint density at radius 1 is 1.16 bits per heavy atom. The predicted molar refractivity (Wildman–Crippen MR) is 73.3 cm³/mol. The summed E-state index contributed by atoms with van der Waals surface area (Å²) in [6, 6.07) is 11.0. The standard InChI is InChI=1S/C14H15NO3S/c1-12-4-6-14(7-5-12)19(16)18-10-9-17-13-3-2-8-15-11-13/h2-8,11H,9-10H2,1H3. The van der Waals surface area contributed by atoms with Gasteiger partial charge >= 0.3 is 0 Å². The minimum Gasteiger partial charge on any atom is -0.490 e. The van der Waals surface area contributed by atoms with E-state index in [0.29, 0.717) is 17.3 Å². The molecule has 1 aromatic carbocycles. The minimum atomic E-state index is -1.45. The second kappa shape index (κ2) is 7.01. The van der Waals surface area contributed by atoms with Crippen molar-refractivity contribution < 1.29 is 13.1 Å². The number of aromatic nitrogens is 1. The predicted octanol–water partition coefficient (Wildman–Crippen LogP) is 2.51. The molecule has 19 heavy (non-hydrogen) atoms. The second-order valence-corrected chi connectivity index (χ2v) is 5.08. The van der Waals surface area contributed by atoms with Gasteiger partial charge in [-0.15, -0.1) is 0 Å². The van der Waals surface area contributed by atoms with Crippen LogP contribution in [0.4, 0.5) is 0 Å². The number of hydrogen-bond acceptors (Lipinski definition) is 4. The normalized spacial score (nSPS) is 12.1. The molecule has 1 aromatic heterocycles. The fourth-order valence-corrected chi connectivity index (χ4v) is 2.13. The average molecular weight is 277 g/mol. The van der Waals surface area contributed by atoms with E-state index in [1.165, 1.54) is 0 Å². The van der Waals surface area contributed by atoms with Crippen LogP contribution < -0.4 is 4.74 Å². The van der Waals surface area contributed by atoms with Crippen molar-refractivity contribution in [3.63, 3.8) is 0 Å². The van der Waals surface area contributed by atoms with Crippen molar-refractivity contribution in [2.45, 2.75) is 11.8 Å². The lowest BCUT2D eigenvalue weighted by atomic mass is 10.2. The third-order valence-electron chi connectivity index (χ3n) is 2.39. The highest BCUT2D eigenvalue weighted by Gasteiger charge is 2.04. The molecule has 0 amide bonds. The van der Waals surface area contributed by atoms with Gasteiger partial charge in [-0.3, -0.25) is 9.17 Å². The summed E-state index contributed by atoms with van der Waals surface area (Å²) in [5.41, 5.74) is 1.13. The van der Waals surface area contributed by atoms with Gasteiger partial charge in [-0.1, -0.05) is 17.7 Å². The highest BCUT2D eigenvalue weighted by molar-refractivity contribution is 7.80. The summed E-state index contributed by atoms with van der Waals surface area (Å²) in [5, 5.41) is 0. The Morgan fingerprint density at radius 2 is 1.95 bits per heavy atom. The van der Waals surface area contributed by atoms with Crippen LogP contribution in [0.25, 0.3) is 0 Å². The molecule has 0 radical (unpaired) electrons. The summed E-state index contributed by atoms with van der Waals surface area (Å²) in [7, 11) is 0. The largest absolute Gasteiger partial charge is 0.490 e. The zero-order valence-electron chi connectivity index (χ0n) is 10.6.